The van der Waals surface area contributed by atoms with Crippen LogP contribution in [-0.4, -0.2) is 55.2 Å². The van der Waals surface area contributed by atoms with Crippen LogP contribution in [0.15, 0.2) is 0 Å². The Bertz CT molecular complexity index is 451. The van der Waals surface area contributed by atoms with Crippen LogP contribution in [0.2, 0.25) is 0 Å². The first kappa shape index (κ1) is 23.4. The SMILES string of the molecule is CCCCN(CCCC)c1nc(N(C)C)nc(N(CCCC)CCCC)n1. The van der Waals surface area contributed by atoms with Gasteiger partial charge in [0.05, 0.1) is 0 Å². The molecule has 6 nitrogen and oxygen atoms in total. The second-order valence-electron chi connectivity index (χ2n) is 7.52. The smallest absolute Gasteiger partial charge is 0.231 e. The van der Waals surface area contributed by atoms with Gasteiger partial charge in [-0.15, -0.1) is 0 Å². The second kappa shape index (κ2) is 13.6. The predicted octanol–water partition coefficient (Wildman–Crippen LogP) is 4.75. The van der Waals surface area contributed by atoms with Gasteiger partial charge in [-0.05, 0) is 25.7 Å². The topological polar surface area (TPSA) is 48.4 Å². The minimum absolute atomic E-state index is 0.756. The largest absolute Gasteiger partial charge is 0.347 e. The Morgan fingerprint density at radius 3 is 1.07 bits per heavy atom. The van der Waals surface area contributed by atoms with Crippen molar-refractivity contribution in [2.24, 2.45) is 0 Å². The maximum absolute atomic E-state index is 4.93. The number of aromatic nitrogens is 3. The van der Waals surface area contributed by atoms with Gasteiger partial charge in [0, 0.05) is 40.3 Å². The molecule has 6 heteroatoms. The molecule has 0 unspecified atom stereocenters. The lowest BCUT2D eigenvalue weighted by Gasteiger charge is -2.27. The zero-order chi connectivity index (χ0) is 20.1. The van der Waals surface area contributed by atoms with Gasteiger partial charge in [-0.1, -0.05) is 53.4 Å². The van der Waals surface area contributed by atoms with Gasteiger partial charge in [0.1, 0.15) is 0 Å². The summed E-state index contributed by atoms with van der Waals surface area (Å²) in [5, 5.41) is 0. The van der Waals surface area contributed by atoms with Crippen molar-refractivity contribution in [3.8, 4) is 0 Å². The molecule has 0 spiro atoms. The molecule has 0 aliphatic carbocycles. The molecule has 0 aliphatic rings. The van der Waals surface area contributed by atoms with Crippen LogP contribution in [0.3, 0.4) is 0 Å². The predicted molar refractivity (Wildman–Crippen MR) is 118 cm³/mol. The molecule has 1 heterocycles. The molecule has 0 aromatic carbocycles. The van der Waals surface area contributed by atoms with Crippen LogP contribution >= 0.6 is 0 Å². The van der Waals surface area contributed by atoms with E-state index in [0.717, 1.165) is 69.7 Å². The van der Waals surface area contributed by atoms with Crippen molar-refractivity contribution in [2.45, 2.75) is 79.1 Å². The highest BCUT2D eigenvalue weighted by molar-refractivity contribution is 5.46. The molecule has 156 valence electrons. The van der Waals surface area contributed by atoms with E-state index in [4.69, 9.17) is 15.0 Å². The molecule has 1 rings (SSSR count). The standard InChI is InChI=1S/C21H42N6/c1-7-11-15-26(16-12-8-2)20-22-19(25(5)6)23-21(24-20)27(17-13-9-3)18-14-10-4/h7-18H2,1-6H3. The van der Waals surface area contributed by atoms with Gasteiger partial charge in [0.2, 0.25) is 17.8 Å². The third-order valence-corrected chi connectivity index (χ3v) is 4.69. The minimum Gasteiger partial charge on any atom is -0.347 e. The average Bonchev–Trinajstić information content (AvgIpc) is 2.67. The normalized spacial score (nSPS) is 10.9. The van der Waals surface area contributed by atoms with Gasteiger partial charge in [-0.25, -0.2) is 0 Å². The molecule has 27 heavy (non-hydrogen) atoms. The van der Waals surface area contributed by atoms with E-state index in [-0.39, 0.29) is 0 Å². The van der Waals surface area contributed by atoms with Crippen molar-refractivity contribution in [1.82, 2.24) is 15.0 Å². The molecule has 0 amide bonds. The van der Waals surface area contributed by atoms with E-state index in [9.17, 15) is 0 Å². The van der Waals surface area contributed by atoms with Crippen molar-refractivity contribution < 1.29 is 0 Å². The summed E-state index contributed by atoms with van der Waals surface area (Å²) in [5.74, 6) is 2.43. The Labute approximate surface area is 167 Å². The molecule has 0 fully saturated rings. The van der Waals surface area contributed by atoms with Gasteiger partial charge < -0.3 is 14.7 Å². The van der Waals surface area contributed by atoms with Crippen LogP contribution in [0.5, 0.6) is 0 Å². The van der Waals surface area contributed by atoms with Gasteiger partial charge in [0.15, 0.2) is 0 Å². The van der Waals surface area contributed by atoms with Crippen molar-refractivity contribution in [2.75, 3.05) is 55.0 Å². The first-order chi connectivity index (χ1) is 13.1. The summed E-state index contributed by atoms with van der Waals surface area (Å²) in [7, 11) is 4.02. The lowest BCUT2D eigenvalue weighted by Crippen LogP contribution is -2.32. The second-order valence-corrected chi connectivity index (χ2v) is 7.52. The quantitative estimate of drug-likeness (QED) is 0.439. The Morgan fingerprint density at radius 2 is 0.815 bits per heavy atom. The van der Waals surface area contributed by atoms with E-state index >= 15 is 0 Å². The van der Waals surface area contributed by atoms with Crippen LogP contribution in [0.1, 0.15) is 79.1 Å². The van der Waals surface area contributed by atoms with E-state index in [1.165, 1.54) is 25.7 Å². The van der Waals surface area contributed by atoms with Crippen LogP contribution in [0.4, 0.5) is 17.8 Å². The van der Waals surface area contributed by atoms with Crippen LogP contribution in [0.25, 0.3) is 0 Å². The molecule has 0 atom stereocenters. The molecule has 1 aromatic rings. The van der Waals surface area contributed by atoms with E-state index in [1.807, 2.05) is 19.0 Å². The van der Waals surface area contributed by atoms with Crippen LogP contribution in [-0.2, 0) is 0 Å². The number of unbranched alkanes of at least 4 members (excludes halogenated alkanes) is 4. The molecule has 0 saturated heterocycles. The maximum atomic E-state index is 4.93. The summed E-state index contributed by atoms with van der Waals surface area (Å²) < 4.78 is 0. The summed E-state index contributed by atoms with van der Waals surface area (Å²) in [6.45, 7) is 13.0. The fourth-order valence-electron chi connectivity index (χ4n) is 2.85. The van der Waals surface area contributed by atoms with E-state index < -0.39 is 0 Å². The summed E-state index contributed by atoms with van der Waals surface area (Å²) in [6, 6.07) is 0. The number of hydrogen-bond acceptors (Lipinski definition) is 6. The Kier molecular flexibility index (Phi) is 11.8. The number of anilines is 3. The van der Waals surface area contributed by atoms with E-state index in [1.54, 1.807) is 0 Å². The highest BCUT2D eigenvalue weighted by Crippen LogP contribution is 2.20. The fourth-order valence-corrected chi connectivity index (χ4v) is 2.85. The van der Waals surface area contributed by atoms with E-state index in [0.29, 0.717) is 0 Å². The van der Waals surface area contributed by atoms with Crippen molar-refractivity contribution >= 4 is 17.8 Å². The summed E-state index contributed by atoms with van der Waals surface area (Å²) >= 11 is 0. The van der Waals surface area contributed by atoms with Gasteiger partial charge in [0.25, 0.3) is 0 Å². The highest BCUT2D eigenvalue weighted by atomic mass is 15.4. The third kappa shape index (κ3) is 8.31. The van der Waals surface area contributed by atoms with Crippen molar-refractivity contribution in [3.05, 3.63) is 0 Å². The molecular formula is C21H42N6. The molecular weight excluding hydrogens is 336 g/mol. The first-order valence-electron chi connectivity index (χ1n) is 11.0. The van der Waals surface area contributed by atoms with Crippen LogP contribution in [0, 0.1) is 0 Å². The number of rotatable bonds is 15. The number of nitrogens with zero attached hydrogens (tertiary/aromatic N) is 6. The van der Waals surface area contributed by atoms with E-state index in [2.05, 4.69) is 37.5 Å². The number of hydrogen-bond donors (Lipinski definition) is 0. The van der Waals surface area contributed by atoms with Crippen LogP contribution < -0.4 is 14.7 Å². The lowest BCUT2D eigenvalue weighted by atomic mass is 10.2. The minimum atomic E-state index is 0.756. The Hall–Kier alpha value is -1.59. The molecule has 1 aromatic heterocycles. The molecule has 0 bridgehead atoms. The van der Waals surface area contributed by atoms with Gasteiger partial charge >= 0.3 is 0 Å². The average molecular weight is 379 g/mol. The van der Waals surface area contributed by atoms with Gasteiger partial charge in [-0.2, -0.15) is 15.0 Å². The first-order valence-corrected chi connectivity index (χ1v) is 11.0. The van der Waals surface area contributed by atoms with Crippen molar-refractivity contribution in [3.63, 3.8) is 0 Å². The zero-order valence-electron chi connectivity index (χ0n) is 18.7. The maximum Gasteiger partial charge on any atom is 0.231 e. The summed E-state index contributed by atoms with van der Waals surface area (Å²) in [6.07, 6.45) is 9.38. The fraction of sp³-hybridized carbons (Fsp3) is 0.857. The molecule has 0 radical (unpaired) electrons. The third-order valence-electron chi connectivity index (χ3n) is 4.69. The van der Waals surface area contributed by atoms with Crippen molar-refractivity contribution in [1.29, 1.82) is 0 Å². The Balaban J connectivity index is 3.20. The molecule has 0 saturated carbocycles. The lowest BCUT2D eigenvalue weighted by molar-refractivity contribution is 0.644. The Morgan fingerprint density at radius 1 is 0.519 bits per heavy atom. The molecule has 0 aliphatic heterocycles. The highest BCUT2D eigenvalue weighted by Gasteiger charge is 2.17. The van der Waals surface area contributed by atoms with Gasteiger partial charge in [-0.3, -0.25) is 0 Å². The molecule has 0 N–H and O–H groups in total. The summed E-state index contributed by atoms with van der Waals surface area (Å²) in [5.41, 5.74) is 0. The zero-order valence-corrected chi connectivity index (χ0v) is 18.7. The monoisotopic (exact) mass is 378 g/mol. The summed E-state index contributed by atoms with van der Waals surface area (Å²) in [4.78, 5) is 21.2.